The number of nitrogens with one attached hydrogen (secondary N) is 1. The Kier molecular flexibility index (Phi) is 4.34. The first kappa shape index (κ1) is 14.0. The number of alkyl halides is 2. The van der Waals surface area contributed by atoms with E-state index in [1.54, 1.807) is 24.3 Å². The number of anilines is 1. The van der Waals surface area contributed by atoms with Crippen molar-refractivity contribution in [2.75, 3.05) is 5.32 Å². The Bertz CT molecular complexity index is 590. The summed E-state index contributed by atoms with van der Waals surface area (Å²) in [6, 6.07) is 10.2. The Morgan fingerprint density at radius 2 is 1.95 bits per heavy atom. The zero-order valence-corrected chi connectivity index (χ0v) is 10.3. The van der Waals surface area contributed by atoms with Gasteiger partial charge >= 0.3 is 6.61 Å². The van der Waals surface area contributed by atoms with Crippen molar-refractivity contribution in [3.05, 3.63) is 53.8 Å². The van der Waals surface area contributed by atoms with Crippen LogP contribution in [0.15, 0.2) is 42.5 Å². The van der Waals surface area contributed by atoms with Crippen LogP contribution in [0.1, 0.15) is 5.56 Å². The van der Waals surface area contributed by atoms with E-state index in [1.807, 2.05) is 0 Å². The topological polar surface area (TPSA) is 41.5 Å². The summed E-state index contributed by atoms with van der Waals surface area (Å²) in [4.78, 5) is 0. The van der Waals surface area contributed by atoms with Gasteiger partial charge in [0.15, 0.2) is 11.6 Å². The highest BCUT2D eigenvalue weighted by atomic mass is 19.3. The SMILES string of the molecule is Oc1cccc(CNc2ccc(OC(F)F)c(F)c2)c1. The van der Waals surface area contributed by atoms with Crippen LogP contribution in [0.4, 0.5) is 18.9 Å². The first-order valence-electron chi connectivity index (χ1n) is 5.81. The Hall–Kier alpha value is -2.37. The first-order chi connectivity index (χ1) is 9.54. The van der Waals surface area contributed by atoms with Crippen LogP contribution in [0.25, 0.3) is 0 Å². The molecular formula is C14H12F3NO2. The monoisotopic (exact) mass is 283 g/mol. The predicted octanol–water partition coefficient (Wildman–Crippen LogP) is 3.74. The summed E-state index contributed by atoms with van der Waals surface area (Å²) in [6.07, 6.45) is 0. The standard InChI is InChI=1S/C14H12F3NO2/c15-12-7-10(4-5-13(12)20-14(16)17)18-8-9-2-1-3-11(19)6-9/h1-7,14,18-19H,8H2. The fraction of sp³-hybridized carbons (Fsp3) is 0.143. The Morgan fingerprint density at radius 1 is 1.15 bits per heavy atom. The van der Waals surface area contributed by atoms with E-state index in [0.717, 1.165) is 17.7 Å². The molecule has 6 heteroatoms. The van der Waals surface area contributed by atoms with Crippen molar-refractivity contribution in [3.8, 4) is 11.5 Å². The molecule has 0 amide bonds. The van der Waals surface area contributed by atoms with E-state index in [-0.39, 0.29) is 5.75 Å². The van der Waals surface area contributed by atoms with Gasteiger partial charge in [0.2, 0.25) is 0 Å². The van der Waals surface area contributed by atoms with Crippen LogP contribution >= 0.6 is 0 Å². The molecule has 0 aromatic heterocycles. The molecule has 0 heterocycles. The van der Waals surface area contributed by atoms with Crippen LogP contribution in [-0.2, 0) is 6.54 Å². The zero-order valence-electron chi connectivity index (χ0n) is 10.3. The number of hydrogen-bond donors (Lipinski definition) is 2. The van der Waals surface area contributed by atoms with E-state index < -0.39 is 18.2 Å². The third-order valence-corrected chi connectivity index (χ3v) is 2.56. The molecular weight excluding hydrogens is 271 g/mol. The van der Waals surface area contributed by atoms with Crippen LogP contribution in [0.5, 0.6) is 11.5 Å². The van der Waals surface area contributed by atoms with Gasteiger partial charge in [0, 0.05) is 18.3 Å². The van der Waals surface area contributed by atoms with Gasteiger partial charge in [-0.1, -0.05) is 12.1 Å². The number of ether oxygens (including phenoxy) is 1. The Labute approximate surface area is 113 Å². The number of phenols is 1. The second-order valence-corrected chi connectivity index (χ2v) is 4.05. The molecule has 0 aliphatic heterocycles. The number of phenolic OH excluding ortho intramolecular Hbond substituents is 1. The molecule has 106 valence electrons. The molecule has 0 aliphatic carbocycles. The molecule has 0 fully saturated rings. The van der Waals surface area contributed by atoms with Crippen molar-refractivity contribution >= 4 is 5.69 Å². The Morgan fingerprint density at radius 3 is 2.60 bits per heavy atom. The number of benzene rings is 2. The third kappa shape index (κ3) is 3.81. The van der Waals surface area contributed by atoms with Gasteiger partial charge in [-0.3, -0.25) is 0 Å². The molecule has 0 spiro atoms. The van der Waals surface area contributed by atoms with Crippen molar-refractivity contribution in [2.24, 2.45) is 0 Å². The minimum atomic E-state index is -3.06. The number of hydrogen-bond acceptors (Lipinski definition) is 3. The van der Waals surface area contributed by atoms with Gasteiger partial charge in [0.25, 0.3) is 0 Å². The van der Waals surface area contributed by atoms with Crippen LogP contribution in [-0.4, -0.2) is 11.7 Å². The maximum absolute atomic E-state index is 13.5. The average molecular weight is 283 g/mol. The van der Waals surface area contributed by atoms with Gasteiger partial charge < -0.3 is 15.2 Å². The fourth-order valence-corrected chi connectivity index (χ4v) is 1.67. The molecule has 0 unspecified atom stereocenters. The minimum Gasteiger partial charge on any atom is -0.508 e. The van der Waals surface area contributed by atoms with Crippen molar-refractivity contribution < 1.29 is 23.0 Å². The molecule has 2 aromatic carbocycles. The maximum Gasteiger partial charge on any atom is 0.387 e. The van der Waals surface area contributed by atoms with E-state index in [9.17, 15) is 18.3 Å². The highest BCUT2D eigenvalue weighted by Gasteiger charge is 2.10. The van der Waals surface area contributed by atoms with Crippen LogP contribution in [0.2, 0.25) is 0 Å². The lowest BCUT2D eigenvalue weighted by atomic mass is 10.2. The van der Waals surface area contributed by atoms with E-state index in [1.165, 1.54) is 6.07 Å². The zero-order chi connectivity index (χ0) is 14.5. The van der Waals surface area contributed by atoms with Gasteiger partial charge in [-0.05, 0) is 29.8 Å². The van der Waals surface area contributed by atoms with Crippen LogP contribution in [0.3, 0.4) is 0 Å². The Balaban J connectivity index is 2.02. The van der Waals surface area contributed by atoms with Crippen molar-refractivity contribution in [1.82, 2.24) is 0 Å². The summed E-state index contributed by atoms with van der Waals surface area (Å²) in [5, 5.41) is 12.2. The summed E-state index contributed by atoms with van der Waals surface area (Å²) in [7, 11) is 0. The fourth-order valence-electron chi connectivity index (χ4n) is 1.67. The number of aromatic hydroxyl groups is 1. The molecule has 0 saturated carbocycles. The number of rotatable bonds is 5. The minimum absolute atomic E-state index is 0.135. The highest BCUT2D eigenvalue weighted by Crippen LogP contribution is 2.23. The van der Waals surface area contributed by atoms with E-state index in [4.69, 9.17) is 0 Å². The van der Waals surface area contributed by atoms with E-state index >= 15 is 0 Å². The molecule has 0 bridgehead atoms. The first-order valence-corrected chi connectivity index (χ1v) is 5.81. The van der Waals surface area contributed by atoms with Gasteiger partial charge in [-0.2, -0.15) is 8.78 Å². The largest absolute Gasteiger partial charge is 0.508 e. The summed E-state index contributed by atoms with van der Waals surface area (Å²) in [6.45, 7) is -2.70. The highest BCUT2D eigenvalue weighted by molar-refractivity contribution is 5.48. The molecule has 2 aromatic rings. The normalized spacial score (nSPS) is 10.6. The van der Waals surface area contributed by atoms with E-state index in [2.05, 4.69) is 10.1 Å². The summed E-state index contributed by atoms with van der Waals surface area (Å²) in [5.74, 6) is -1.23. The molecule has 0 atom stereocenters. The lowest BCUT2D eigenvalue weighted by Gasteiger charge is -2.10. The lowest BCUT2D eigenvalue weighted by molar-refractivity contribution is -0.0521. The van der Waals surface area contributed by atoms with Gasteiger partial charge in [0.05, 0.1) is 0 Å². The van der Waals surface area contributed by atoms with Gasteiger partial charge in [-0.25, -0.2) is 4.39 Å². The smallest absolute Gasteiger partial charge is 0.387 e. The summed E-state index contributed by atoms with van der Waals surface area (Å²) < 4.78 is 41.4. The van der Waals surface area contributed by atoms with Crippen molar-refractivity contribution in [2.45, 2.75) is 13.2 Å². The average Bonchev–Trinajstić information content (AvgIpc) is 2.39. The second kappa shape index (κ2) is 6.18. The van der Waals surface area contributed by atoms with Crippen LogP contribution in [0, 0.1) is 5.82 Å². The van der Waals surface area contributed by atoms with Gasteiger partial charge in [-0.15, -0.1) is 0 Å². The molecule has 3 nitrogen and oxygen atoms in total. The molecule has 2 N–H and O–H groups in total. The summed E-state index contributed by atoms with van der Waals surface area (Å²) >= 11 is 0. The quantitative estimate of drug-likeness (QED) is 0.878. The van der Waals surface area contributed by atoms with Gasteiger partial charge in [0.1, 0.15) is 5.75 Å². The molecule has 20 heavy (non-hydrogen) atoms. The molecule has 0 aliphatic rings. The van der Waals surface area contributed by atoms with Crippen molar-refractivity contribution in [3.63, 3.8) is 0 Å². The lowest BCUT2D eigenvalue weighted by Crippen LogP contribution is -2.04. The molecule has 0 radical (unpaired) electrons. The number of halogens is 3. The van der Waals surface area contributed by atoms with E-state index in [0.29, 0.717) is 12.2 Å². The van der Waals surface area contributed by atoms with Crippen LogP contribution < -0.4 is 10.1 Å². The predicted molar refractivity (Wildman–Crippen MR) is 68.5 cm³/mol. The molecule has 0 saturated heterocycles. The van der Waals surface area contributed by atoms with Crippen molar-refractivity contribution in [1.29, 1.82) is 0 Å². The summed E-state index contributed by atoms with van der Waals surface area (Å²) in [5.41, 5.74) is 1.23. The third-order valence-electron chi connectivity index (χ3n) is 2.56. The second-order valence-electron chi connectivity index (χ2n) is 4.05. The molecule has 2 rings (SSSR count). The maximum atomic E-state index is 13.5.